The second kappa shape index (κ2) is 7.95. The van der Waals surface area contributed by atoms with Crippen molar-refractivity contribution in [2.24, 2.45) is 4.40 Å². The first kappa shape index (κ1) is 20.7. The first-order valence-electron chi connectivity index (χ1n) is 9.64. The van der Waals surface area contributed by atoms with Crippen LogP contribution in [0.15, 0.2) is 57.8 Å². The Morgan fingerprint density at radius 3 is 2.74 bits per heavy atom. The number of hydrogen-bond donors (Lipinski definition) is 2. The van der Waals surface area contributed by atoms with Gasteiger partial charge in [-0.3, -0.25) is 9.89 Å². The van der Waals surface area contributed by atoms with Gasteiger partial charge in [0.15, 0.2) is 5.82 Å². The molecule has 10 heteroatoms. The van der Waals surface area contributed by atoms with Crippen LogP contribution in [0.5, 0.6) is 0 Å². The van der Waals surface area contributed by atoms with E-state index in [1.165, 1.54) is 18.2 Å². The van der Waals surface area contributed by atoms with Crippen LogP contribution in [0, 0.1) is 5.82 Å². The molecule has 0 radical (unpaired) electrons. The number of hydrogen-bond acceptors (Lipinski definition) is 5. The summed E-state index contributed by atoms with van der Waals surface area (Å²) < 4.78 is 42.4. The number of fused-ring (bicyclic) bond motifs is 1. The van der Waals surface area contributed by atoms with E-state index in [0.29, 0.717) is 29.3 Å². The summed E-state index contributed by atoms with van der Waals surface area (Å²) in [6.07, 6.45) is 0.807. The van der Waals surface area contributed by atoms with Crippen LogP contribution in [-0.4, -0.2) is 36.9 Å². The summed E-state index contributed by atoms with van der Waals surface area (Å²) in [5, 5.41) is 9.39. The lowest BCUT2D eigenvalue weighted by atomic mass is 10.1. The highest BCUT2D eigenvalue weighted by atomic mass is 32.2. The number of nitrogens with one attached hydrogen (secondary N) is 2. The van der Waals surface area contributed by atoms with E-state index < -0.39 is 15.9 Å². The molecule has 2 heterocycles. The Labute approximate surface area is 178 Å². The molecule has 1 aliphatic heterocycles. The number of anilines is 2. The number of carbonyl (C=O) groups is 1. The van der Waals surface area contributed by atoms with Crippen molar-refractivity contribution in [2.75, 3.05) is 16.8 Å². The lowest BCUT2D eigenvalue weighted by Gasteiger charge is -2.29. The van der Waals surface area contributed by atoms with Crippen molar-refractivity contribution in [1.29, 1.82) is 0 Å². The molecule has 0 saturated carbocycles. The predicted octanol–water partition coefficient (Wildman–Crippen LogP) is 3.81. The number of benzene rings is 2. The summed E-state index contributed by atoms with van der Waals surface area (Å²) in [7, 11) is -3.90. The van der Waals surface area contributed by atoms with Crippen LogP contribution in [0.25, 0.3) is 11.3 Å². The average Bonchev–Trinajstić information content (AvgIpc) is 3.19. The van der Waals surface area contributed by atoms with Crippen molar-refractivity contribution in [2.45, 2.75) is 25.2 Å². The molecular weight excluding hydrogens is 421 g/mol. The number of halogens is 1. The monoisotopic (exact) mass is 441 g/mol. The van der Waals surface area contributed by atoms with Gasteiger partial charge in [0.25, 0.3) is 15.9 Å². The Kier molecular flexibility index (Phi) is 5.32. The molecule has 160 valence electrons. The van der Waals surface area contributed by atoms with E-state index in [0.717, 1.165) is 6.42 Å². The zero-order chi connectivity index (χ0) is 22.2. The summed E-state index contributed by atoms with van der Waals surface area (Å²) in [5.41, 5.74) is 1.77. The van der Waals surface area contributed by atoms with Gasteiger partial charge in [-0.05, 0) is 43.7 Å². The normalized spacial score (nSPS) is 14.7. The van der Waals surface area contributed by atoms with Crippen LogP contribution in [0.2, 0.25) is 0 Å². The van der Waals surface area contributed by atoms with Crippen LogP contribution in [0.3, 0.4) is 0 Å². The molecule has 0 spiro atoms. The van der Waals surface area contributed by atoms with E-state index in [1.807, 2.05) is 11.8 Å². The molecule has 0 saturated heterocycles. The summed E-state index contributed by atoms with van der Waals surface area (Å²) in [5.74, 6) is -0.286. The third kappa shape index (κ3) is 4.06. The summed E-state index contributed by atoms with van der Waals surface area (Å²) in [6.45, 7) is 4.24. The van der Waals surface area contributed by atoms with E-state index in [-0.39, 0.29) is 22.1 Å². The fourth-order valence-corrected chi connectivity index (χ4v) is 4.68. The van der Waals surface area contributed by atoms with Crippen molar-refractivity contribution in [3.05, 3.63) is 59.9 Å². The standard InChI is InChI=1S/C21H20FN5O3S/c1-3-9-27-13(2)26-31(29,30)19-11-15(7-8-18(19)27)21(28)23-20-12-17(24-25-20)14-5-4-6-16(22)10-14/h4-8,10-12H,3,9H2,1-2H3,(H2,23,24,25,28). The molecule has 0 aliphatic carbocycles. The topological polar surface area (TPSA) is 108 Å². The van der Waals surface area contributed by atoms with Gasteiger partial charge >= 0.3 is 0 Å². The van der Waals surface area contributed by atoms with Gasteiger partial charge in [-0.15, -0.1) is 4.40 Å². The molecule has 0 atom stereocenters. The SMILES string of the molecule is CCCN1C(C)=NS(=O)(=O)c2cc(C(=O)Nc3cc(-c4cccc(F)c4)[nH]n3)ccc21. The quantitative estimate of drug-likeness (QED) is 0.626. The molecule has 2 N–H and O–H groups in total. The van der Waals surface area contributed by atoms with Gasteiger partial charge in [0.1, 0.15) is 16.5 Å². The molecule has 0 unspecified atom stereocenters. The van der Waals surface area contributed by atoms with E-state index in [2.05, 4.69) is 19.9 Å². The van der Waals surface area contributed by atoms with Crippen molar-refractivity contribution in [3.63, 3.8) is 0 Å². The molecule has 1 aliphatic rings. The first-order valence-corrected chi connectivity index (χ1v) is 11.1. The second-order valence-corrected chi connectivity index (χ2v) is 8.65. The van der Waals surface area contributed by atoms with Gasteiger partial charge in [0.2, 0.25) is 0 Å². The third-order valence-corrected chi connectivity index (χ3v) is 6.22. The number of amides is 1. The number of H-pyrrole nitrogens is 1. The highest BCUT2D eigenvalue weighted by molar-refractivity contribution is 7.90. The molecule has 31 heavy (non-hydrogen) atoms. The van der Waals surface area contributed by atoms with Crippen LogP contribution in [0.4, 0.5) is 15.9 Å². The van der Waals surface area contributed by atoms with Crippen LogP contribution >= 0.6 is 0 Å². The van der Waals surface area contributed by atoms with Gasteiger partial charge in [-0.2, -0.15) is 13.5 Å². The third-order valence-electron chi connectivity index (χ3n) is 4.84. The maximum Gasteiger partial charge on any atom is 0.286 e. The number of sulfonamides is 1. The zero-order valence-electron chi connectivity index (χ0n) is 16.9. The minimum Gasteiger partial charge on any atom is -0.328 e. The Hall–Kier alpha value is -3.53. The molecule has 1 amide bonds. The highest BCUT2D eigenvalue weighted by Gasteiger charge is 2.29. The minimum atomic E-state index is -3.90. The number of aromatic nitrogens is 2. The Balaban J connectivity index is 1.60. The Morgan fingerprint density at radius 1 is 1.19 bits per heavy atom. The summed E-state index contributed by atoms with van der Waals surface area (Å²) in [4.78, 5) is 14.5. The molecule has 1 aromatic heterocycles. The van der Waals surface area contributed by atoms with Crippen molar-refractivity contribution < 1.29 is 17.6 Å². The lowest BCUT2D eigenvalue weighted by molar-refractivity contribution is 0.102. The van der Waals surface area contributed by atoms with Crippen molar-refractivity contribution in [1.82, 2.24) is 10.2 Å². The second-order valence-electron chi connectivity index (χ2n) is 7.08. The molecule has 3 aromatic rings. The van der Waals surface area contributed by atoms with Gasteiger partial charge < -0.3 is 10.2 Å². The van der Waals surface area contributed by atoms with Crippen LogP contribution in [0.1, 0.15) is 30.6 Å². The van der Waals surface area contributed by atoms with Crippen molar-refractivity contribution in [3.8, 4) is 11.3 Å². The zero-order valence-corrected chi connectivity index (χ0v) is 17.7. The van der Waals surface area contributed by atoms with Crippen molar-refractivity contribution >= 4 is 33.3 Å². The largest absolute Gasteiger partial charge is 0.328 e. The molecule has 0 bridgehead atoms. The molecule has 0 fully saturated rings. The van der Waals surface area contributed by atoms with Crippen LogP contribution in [-0.2, 0) is 10.0 Å². The lowest BCUT2D eigenvalue weighted by Crippen LogP contribution is -2.34. The smallest absolute Gasteiger partial charge is 0.286 e. The Bertz CT molecular complexity index is 1300. The number of nitrogens with zero attached hydrogens (tertiary/aromatic N) is 3. The molecule has 2 aromatic carbocycles. The number of rotatable bonds is 5. The molecular formula is C21H20FN5O3S. The maximum atomic E-state index is 13.4. The summed E-state index contributed by atoms with van der Waals surface area (Å²) in [6, 6.07) is 12.0. The number of amidine groups is 1. The first-order chi connectivity index (χ1) is 14.8. The van der Waals surface area contributed by atoms with Gasteiger partial charge in [-0.25, -0.2) is 4.39 Å². The molecule has 4 rings (SSSR count). The van der Waals surface area contributed by atoms with Gasteiger partial charge in [0.05, 0.1) is 11.4 Å². The average molecular weight is 441 g/mol. The van der Waals surface area contributed by atoms with Crippen LogP contribution < -0.4 is 10.2 Å². The van der Waals surface area contributed by atoms with E-state index in [4.69, 9.17) is 0 Å². The van der Waals surface area contributed by atoms with Gasteiger partial charge in [-0.1, -0.05) is 19.1 Å². The number of carbonyl (C=O) groups excluding carboxylic acids is 1. The molecule has 8 nitrogen and oxygen atoms in total. The maximum absolute atomic E-state index is 13.4. The number of aromatic amines is 1. The highest BCUT2D eigenvalue weighted by Crippen LogP contribution is 2.33. The van der Waals surface area contributed by atoms with E-state index in [1.54, 1.807) is 37.3 Å². The van der Waals surface area contributed by atoms with Gasteiger partial charge in [0, 0.05) is 23.7 Å². The fourth-order valence-electron chi connectivity index (χ4n) is 3.42. The van der Waals surface area contributed by atoms with E-state index in [9.17, 15) is 17.6 Å². The minimum absolute atomic E-state index is 0.0123. The summed E-state index contributed by atoms with van der Waals surface area (Å²) >= 11 is 0. The fraction of sp³-hybridized carbons (Fsp3) is 0.190. The predicted molar refractivity (Wildman–Crippen MR) is 116 cm³/mol. The van der Waals surface area contributed by atoms with E-state index >= 15 is 0 Å². The Morgan fingerprint density at radius 2 is 2.00 bits per heavy atom.